The third-order valence-electron chi connectivity index (χ3n) is 4.53. The highest BCUT2D eigenvalue weighted by molar-refractivity contribution is 7.80. The van der Waals surface area contributed by atoms with Crippen molar-refractivity contribution < 1.29 is 0 Å². The molecule has 0 unspecified atom stereocenters. The highest BCUT2D eigenvalue weighted by Crippen LogP contribution is 2.35. The highest BCUT2D eigenvalue weighted by Gasteiger charge is 2.34. The van der Waals surface area contributed by atoms with E-state index < -0.39 is 0 Å². The molecule has 3 rings (SSSR count). The van der Waals surface area contributed by atoms with Crippen LogP contribution in [0.3, 0.4) is 0 Å². The van der Waals surface area contributed by atoms with Crippen LogP contribution in [-0.4, -0.2) is 22.6 Å². The van der Waals surface area contributed by atoms with Gasteiger partial charge in [-0.2, -0.15) is 0 Å². The van der Waals surface area contributed by atoms with Gasteiger partial charge >= 0.3 is 0 Å². The summed E-state index contributed by atoms with van der Waals surface area (Å²) in [5.74, 6) is 0.873. The molecule has 2 fully saturated rings. The zero-order valence-electron chi connectivity index (χ0n) is 11.3. The minimum Gasteiger partial charge on any atom is -0.346 e. The second-order valence-corrected chi connectivity index (χ2v) is 6.13. The molecule has 1 saturated carbocycles. The standard InChI is InChI=1S/C16H22N2S/c19-16(17-14-9-2-1-3-10-14)18-12-6-8-13-7-4-5-11-15(13)18/h1-3,9-10,13,15H,4-8,11-12H2,(H,17,19)/t13-,15+/m0/s1. The van der Waals surface area contributed by atoms with Crippen molar-refractivity contribution >= 4 is 23.0 Å². The molecule has 0 amide bonds. The van der Waals surface area contributed by atoms with Gasteiger partial charge in [-0.05, 0) is 56.0 Å². The minimum atomic E-state index is 0.686. The fourth-order valence-corrected chi connectivity index (χ4v) is 3.94. The first-order valence-electron chi connectivity index (χ1n) is 7.47. The van der Waals surface area contributed by atoms with Crippen molar-refractivity contribution in [2.45, 2.75) is 44.6 Å². The van der Waals surface area contributed by atoms with Crippen molar-refractivity contribution in [2.75, 3.05) is 11.9 Å². The Morgan fingerprint density at radius 1 is 1.05 bits per heavy atom. The normalized spacial score (nSPS) is 26.6. The maximum absolute atomic E-state index is 5.64. The van der Waals surface area contributed by atoms with Gasteiger partial charge in [0.15, 0.2) is 5.11 Å². The van der Waals surface area contributed by atoms with Crippen LogP contribution in [0.5, 0.6) is 0 Å². The van der Waals surface area contributed by atoms with Crippen LogP contribution in [0, 0.1) is 5.92 Å². The molecule has 0 bridgehead atoms. The zero-order valence-corrected chi connectivity index (χ0v) is 12.2. The molecule has 1 aliphatic heterocycles. The van der Waals surface area contributed by atoms with Gasteiger partial charge < -0.3 is 10.2 Å². The van der Waals surface area contributed by atoms with Gasteiger partial charge in [0.05, 0.1) is 0 Å². The third kappa shape index (κ3) is 2.92. The molecule has 1 aromatic rings. The van der Waals surface area contributed by atoms with E-state index in [-0.39, 0.29) is 0 Å². The van der Waals surface area contributed by atoms with Crippen LogP contribution in [0.25, 0.3) is 0 Å². The minimum absolute atomic E-state index is 0.686. The Morgan fingerprint density at radius 2 is 1.79 bits per heavy atom. The molecule has 1 aromatic carbocycles. The van der Waals surface area contributed by atoms with Crippen molar-refractivity contribution in [2.24, 2.45) is 5.92 Å². The Kier molecular flexibility index (Phi) is 4.02. The Balaban J connectivity index is 1.68. The van der Waals surface area contributed by atoms with E-state index >= 15 is 0 Å². The molecule has 1 aliphatic carbocycles. The number of hydrogen-bond acceptors (Lipinski definition) is 1. The van der Waals surface area contributed by atoms with Gasteiger partial charge in [-0.1, -0.05) is 31.0 Å². The number of anilines is 1. The van der Waals surface area contributed by atoms with Crippen LogP contribution in [0.4, 0.5) is 5.69 Å². The lowest BCUT2D eigenvalue weighted by atomic mass is 9.78. The van der Waals surface area contributed by atoms with Crippen LogP contribution >= 0.6 is 12.2 Å². The maximum atomic E-state index is 5.64. The van der Waals surface area contributed by atoms with Crippen LogP contribution < -0.4 is 5.32 Å². The number of piperidine rings is 1. The van der Waals surface area contributed by atoms with Gasteiger partial charge in [0, 0.05) is 18.3 Å². The second kappa shape index (κ2) is 5.91. The van der Waals surface area contributed by atoms with Crippen molar-refractivity contribution in [3.63, 3.8) is 0 Å². The largest absolute Gasteiger partial charge is 0.346 e. The first-order valence-corrected chi connectivity index (χ1v) is 7.88. The predicted octanol–water partition coefficient (Wildman–Crippen LogP) is 4.04. The lowest BCUT2D eigenvalue weighted by molar-refractivity contribution is 0.121. The summed E-state index contributed by atoms with van der Waals surface area (Å²) in [6, 6.07) is 11.0. The van der Waals surface area contributed by atoms with Crippen LogP contribution in [0.2, 0.25) is 0 Å². The highest BCUT2D eigenvalue weighted by atomic mass is 32.1. The molecule has 102 valence electrons. The summed E-state index contributed by atoms with van der Waals surface area (Å²) in [6.45, 7) is 1.12. The number of benzene rings is 1. The molecule has 1 saturated heterocycles. The van der Waals surface area contributed by atoms with Crippen molar-refractivity contribution in [1.29, 1.82) is 0 Å². The van der Waals surface area contributed by atoms with E-state index in [1.807, 2.05) is 18.2 Å². The summed E-state index contributed by atoms with van der Waals surface area (Å²) < 4.78 is 0. The molecule has 0 spiro atoms. The van der Waals surface area contributed by atoms with Gasteiger partial charge in [-0.3, -0.25) is 0 Å². The van der Waals surface area contributed by atoms with E-state index in [1.165, 1.54) is 38.5 Å². The average Bonchev–Trinajstić information content (AvgIpc) is 2.47. The van der Waals surface area contributed by atoms with Crippen molar-refractivity contribution in [3.05, 3.63) is 30.3 Å². The molecular formula is C16H22N2S. The Hall–Kier alpha value is -1.09. The van der Waals surface area contributed by atoms with Crippen LogP contribution in [0.1, 0.15) is 38.5 Å². The summed E-state index contributed by atoms with van der Waals surface area (Å²) in [4.78, 5) is 2.45. The van der Waals surface area contributed by atoms with E-state index in [1.54, 1.807) is 0 Å². The molecule has 1 N–H and O–H groups in total. The smallest absolute Gasteiger partial charge is 0.173 e. The first-order chi connectivity index (χ1) is 9.34. The number of likely N-dealkylation sites (tertiary alicyclic amines) is 1. The number of nitrogens with one attached hydrogen (secondary N) is 1. The lowest BCUT2D eigenvalue weighted by Gasteiger charge is -2.45. The summed E-state index contributed by atoms with van der Waals surface area (Å²) >= 11 is 5.64. The van der Waals surface area contributed by atoms with Crippen molar-refractivity contribution in [1.82, 2.24) is 4.90 Å². The SMILES string of the molecule is S=C(Nc1ccccc1)N1CCC[C@@H]2CCCC[C@H]21. The van der Waals surface area contributed by atoms with E-state index in [0.29, 0.717) is 6.04 Å². The number of thiocarbonyl (C=S) groups is 1. The number of hydrogen-bond donors (Lipinski definition) is 1. The van der Waals surface area contributed by atoms with E-state index in [0.717, 1.165) is 23.3 Å². The Labute approximate surface area is 121 Å². The number of rotatable bonds is 1. The number of fused-ring (bicyclic) bond motifs is 1. The van der Waals surface area contributed by atoms with E-state index in [2.05, 4.69) is 22.3 Å². The molecular weight excluding hydrogens is 252 g/mol. The fourth-order valence-electron chi connectivity index (χ4n) is 3.59. The third-order valence-corrected chi connectivity index (χ3v) is 4.87. The summed E-state index contributed by atoms with van der Waals surface area (Å²) in [7, 11) is 0. The fraction of sp³-hybridized carbons (Fsp3) is 0.562. The van der Waals surface area contributed by atoms with Gasteiger partial charge in [0.25, 0.3) is 0 Å². The number of nitrogens with zero attached hydrogens (tertiary/aromatic N) is 1. The van der Waals surface area contributed by atoms with Gasteiger partial charge in [0.2, 0.25) is 0 Å². The molecule has 3 heteroatoms. The average molecular weight is 274 g/mol. The number of para-hydroxylation sites is 1. The van der Waals surface area contributed by atoms with Crippen LogP contribution in [0.15, 0.2) is 30.3 Å². The molecule has 0 aromatic heterocycles. The first kappa shape index (κ1) is 12.9. The van der Waals surface area contributed by atoms with Gasteiger partial charge in [0.1, 0.15) is 0 Å². The lowest BCUT2D eigenvalue weighted by Crippen LogP contribution is -2.51. The monoisotopic (exact) mass is 274 g/mol. The van der Waals surface area contributed by atoms with E-state index in [9.17, 15) is 0 Å². The zero-order chi connectivity index (χ0) is 13.1. The van der Waals surface area contributed by atoms with E-state index in [4.69, 9.17) is 12.2 Å². The topological polar surface area (TPSA) is 15.3 Å². The summed E-state index contributed by atoms with van der Waals surface area (Å²) in [5.41, 5.74) is 1.10. The quantitative estimate of drug-likeness (QED) is 0.778. The molecule has 2 atom stereocenters. The molecule has 2 nitrogen and oxygen atoms in total. The van der Waals surface area contributed by atoms with Gasteiger partial charge in [-0.15, -0.1) is 0 Å². The van der Waals surface area contributed by atoms with Crippen molar-refractivity contribution in [3.8, 4) is 0 Å². The molecule has 0 radical (unpaired) electrons. The molecule has 19 heavy (non-hydrogen) atoms. The van der Waals surface area contributed by atoms with Gasteiger partial charge in [-0.25, -0.2) is 0 Å². The summed E-state index contributed by atoms with van der Waals surface area (Å²) in [6.07, 6.45) is 8.18. The predicted molar refractivity (Wildman–Crippen MR) is 84.3 cm³/mol. The molecule has 1 heterocycles. The Morgan fingerprint density at radius 3 is 2.63 bits per heavy atom. The Bertz CT molecular complexity index is 430. The summed E-state index contributed by atoms with van der Waals surface area (Å²) in [5, 5.41) is 4.32. The maximum Gasteiger partial charge on any atom is 0.173 e. The van der Waals surface area contributed by atoms with Crippen LogP contribution in [-0.2, 0) is 0 Å². The second-order valence-electron chi connectivity index (χ2n) is 5.74. The molecule has 2 aliphatic rings.